The van der Waals surface area contributed by atoms with Crippen LogP contribution in [0.2, 0.25) is 5.02 Å². The number of likely N-dealkylation sites (N-methyl/N-ethyl adjacent to an activating group) is 1. The molecule has 5 rings (SSSR count). The molecule has 2 aliphatic heterocycles. The predicted octanol–water partition coefficient (Wildman–Crippen LogP) is 5.85. The molecular weight excluding hydrogens is 717 g/mol. The topological polar surface area (TPSA) is 119 Å². The second kappa shape index (κ2) is 16.8. The molecule has 2 aliphatic rings. The van der Waals surface area contributed by atoms with Crippen molar-refractivity contribution in [3.8, 4) is 5.75 Å². The molecule has 2 amide bonds. The van der Waals surface area contributed by atoms with Crippen molar-refractivity contribution in [2.75, 3.05) is 26.2 Å². The first-order valence-electron chi connectivity index (χ1n) is 16.4. The summed E-state index contributed by atoms with van der Waals surface area (Å²) in [5, 5.41) is 23.3. The lowest BCUT2D eigenvalue weighted by atomic mass is 9.82. The zero-order valence-electron chi connectivity index (χ0n) is 27.2. The number of aryl methyl sites for hydroxylation is 1. The van der Waals surface area contributed by atoms with E-state index >= 15 is 0 Å². The molecule has 2 bridgehead atoms. The van der Waals surface area contributed by atoms with E-state index in [2.05, 4.69) is 21.2 Å². The van der Waals surface area contributed by atoms with E-state index in [0.29, 0.717) is 53.5 Å². The third-order valence-corrected chi connectivity index (χ3v) is 9.88. The van der Waals surface area contributed by atoms with Crippen LogP contribution >= 0.6 is 27.5 Å². The minimum atomic E-state index is -1.29. The minimum Gasteiger partial charge on any atom is -0.492 e. The smallest absolute Gasteiger partial charge is 0.305 e. The van der Waals surface area contributed by atoms with Crippen LogP contribution in [0.5, 0.6) is 5.75 Å². The molecule has 12 heteroatoms. The van der Waals surface area contributed by atoms with Gasteiger partial charge in [-0.2, -0.15) is 0 Å². The summed E-state index contributed by atoms with van der Waals surface area (Å²) < 4.78 is 20.1. The van der Waals surface area contributed by atoms with Crippen LogP contribution in [0.3, 0.4) is 0 Å². The van der Waals surface area contributed by atoms with Crippen molar-refractivity contribution in [2.45, 2.75) is 63.8 Å². The molecule has 0 spiro atoms. The Hall–Kier alpha value is -3.77. The number of halogens is 3. The van der Waals surface area contributed by atoms with E-state index in [-0.39, 0.29) is 36.6 Å². The van der Waals surface area contributed by atoms with Crippen LogP contribution in [-0.2, 0) is 27.3 Å². The fourth-order valence-corrected chi connectivity index (χ4v) is 6.98. The van der Waals surface area contributed by atoms with Crippen molar-refractivity contribution >= 4 is 50.9 Å². The number of hydrogen-bond acceptors (Lipinski definition) is 6. The number of fused-ring (bicyclic) bond motifs is 2. The van der Waals surface area contributed by atoms with Crippen LogP contribution in [0.1, 0.15) is 49.3 Å². The van der Waals surface area contributed by atoms with Gasteiger partial charge in [-0.3, -0.25) is 14.4 Å². The number of aliphatic hydroxyl groups is 1. The molecule has 0 unspecified atom stereocenters. The number of nitrogens with zero attached hydrogens (tertiary/aromatic N) is 2. The van der Waals surface area contributed by atoms with Gasteiger partial charge in [0.05, 0.1) is 36.1 Å². The van der Waals surface area contributed by atoms with Crippen molar-refractivity contribution in [1.29, 1.82) is 0 Å². The molecule has 260 valence electrons. The lowest BCUT2D eigenvalue weighted by molar-refractivity contribution is -0.141. The number of rotatable bonds is 14. The molecule has 49 heavy (non-hydrogen) atoms. The molecule has 2 heterocycles. The SMILES string of the molecule is CCN(Cc1ccccc1Cl)C(=O)C1=C(c2ccc(CCCOc3cc(F)ccc3Br)cc2)C[C@@H]2CN(C(=O)C[C@@H](O)CC(=O)O)C[C@H]1N2. The van der Waals surface area contributed by atoms with E-state index < -0.39 is 24.5 Å². The van der Waals surface area contributed by atoms with E-state index in [1.54, 1.807) is 21.9 Å². The fraction of sp³-hybridized carbons (Fsp3) is 0.378. The second-order valence-corrected chi connectivity index (χ2v) is 13.7. The fourth-order valence-electron chi connectivity index (χ4n) is 6.42. The van der Waals surface area contributed by atoms with Crippen LogP contribution in [0, 0.1) is 5.82 Å². The largest absolute Gasteiger partial charge is 0.492 e. The van der Waals surface area contributed by atoms with Crippen LogP contribution in [0.25, 0.3) is 5.57 Å². The molecule has 3 aromatic carbocycles. The van der Waals surface area contributed by atoms with Crippen LogP contribution in [0.4, 0.5) is 4.39 Å². The highest BCUT2D eigenvalue weighted by Crippen LogP contribution is 2.35. The van der Waals surface area contributed by atoms with Crippen molar-refractivity contribution in [3.63, 3.8) is 0 Å². The van der Waals surface area contributed by atoms with Crippen molar-refractivity contribution in [1.82, 2.24) is 15.1 Å². The number of hydrogen-bond donors (Lipinski definition) is 3. The Morgan fingerprint density at radius 2 is 1.86 bits per heavy atom. The van der Waals surface area contributed by atoms with Gasteiger partial charge in [-0.1, -0.05) is 54.1 Å². The third-order valence-electron chi connectivity index (χ3n) is 8.86. The molecule has 1 fully saturated rings. The van der Waals surface area contributed by atoms with Gasteiger partial charge in [-0.25, -0.2) is 4.39 Å². The van der Waals surface area contributed by atoms with E-state index in [0.717, 1.165) is 35.1 Å². The van der Waals surface area contributed by atoms with Crippen molar-refractivity contribution < 1.29 is 33.7 Å². The van der Waals surface area contributed by atoms with E-state index in [1.165, 1.54) is 12.1 Å². The van der Waals surface area contributed by atoms with Crippen LogP contribution in [0.15, 0.2) is 76.8 Å². The van der Waals surface area contributed by atoms with Gasteiger partial charge in [-0.15, -0.1) is 0 Å². The molecule has 3 N–H and O–H groups in total. The van der Waals surface area contributed by atoms with E-state index in [1.807, 2.05) is 49.4 Å². The maximum absolute atomic E-state index is 14.4. The number of aliphatic hydroxyl groups excluding tert-OH is 1. The number of piperazine rings is 1. The van der Waals surface area contributed by atoms with Gasteiger partial charge in [0.1, 0.15) is 11.6 Å². The van der Waals surface area contributed by atoms with Crippen molar-refractivity contribution in [3.05, 3.63) is 104 Å². The number of amides is 2. The zero-order valence-corrected chi connectivity index (χ0v) is 29.6. The number of nitrogens with one attached hydrogen (secondary N) is 1. The summed E-state index contributed by atoms with van der Waals surface area (Å²) in [6, 6.07) is 19.3. The Balaban J connectivity index is 1.36. The minimum absolute atomic E-state index is 0.136. The molecule has 0 aliphatic carbocycles. The number of benzene rings is 3. The standard InChI is InChI=1S/C37H40BrClFN3O6/c1-2-42(20-25-7-3-4-8-31(25)39)37(48)36-29(17-27-21-43(22-32(36)41-27)34(45)18-28(44)19-35(46)47)24-11-9-23(10-12-24)6-5-15-49-33-16-26(40)13-14-30(33)38/h3-4,7-14,16,27-28,32,41,44H,2,5-6,15,17-22H2,1H3,(H,46,47)/t27-,28-,32-/m1/s1. The Labute approximate surface area is 298 Å². The number of carboxylic acids is 1. The molecule has 3 aromatic rings. The maximum Gasteiger partial charge on any atom is 0.305 e. The molecular formula is C37H40BrClFN3O6. The quantitative estimate of drug-likeness (QED) is 0.177. The number of carbonyl (C=O) groups excluding carboxylic acids is 2. The summed E-state index contributed by atoms with van der Waals surface area (Å²) in [5.74, 6) is -1.57. The van der Waals surface area contributed by atoms with Gasteiger partial charge in [0, 0.05) is 48.9 Å². The highest BCUT2D eigenvalue weighted by atomic mass is 79.9. The summed E-state index contributed by atoms with van der Waals surface area (Å²) >= 11 is 9.85. The summed E-state index contributed by atoms with van der Waals surface area (Å²) in [5.41, 5.74) is 4.35. The molecule has 0 saturated carbocycles. The van der Waals surface area contributed by atoms with Crippen LogP contribution < -0.4 is 10.1 Å². The third kappa shape index (κ3) is 9.48. The molecule has 1 saturated heterocycles. The monoisotopic (exact) mass is 755 g/mol. The lowest BCUT2D eigenvalue weighted by Crippen LogP contribution is -2.62. The number of carbonyl (C=O) groups is 3. The van der Waals surface area contributed by atoms with Gasteiger partial charge in [0.2, 0.25) is 5.91 Å². The zero-order chi connectivity index (χ0) is 35.1. The average molecular weight is 757 g/mol. The highest BCUT2D eigenvalue weighted by Gasteiger charge is 2.41. The average Bonchev–Trinajstić information content (AvgIpc) is 3.07. The molecule has 9 nitrogen and oxygen atoms in total. The van der Waals surface area contributed by atoms with E-state index in [4.69, 9.17) is 21.4 Å². The number of ether oxygens (including phenoxy) is 1. The van der Waals surface area contributed by atoms with Gasteiger partial charge >= 0.3 is 5.97 Å². The number of carboxylic acid groups (broad SMARTS) is 1. The molecule has 0 aromatic heterocycles. The normalized spacial score (nSPS) is 17.9. The Morgan fingerprint density at radius 3 is 2.57 bits per heavy atom. The predicted molar refractivity (Wildman–Crippen MR) is 189 cm³/mol. The van der Waals surface area contributed by atoms with Crippen molar-refractivity contribution in [2.24, 2.45) is 0 Å². The Morgan fingerprint density at radius 1 is 1.10 bits per heavy atom. The Kier molecular flexibility index (Phi) is 12.5. The summed E-state index contributed by atoms with van der Waals surface area (Å²) in [6.07, 6.45) is -0.131. The first-order chi connectivity index (χ1) is 23.5. The van der Waals surface area contributed by atoms with Gasteiger partial charge in [0.25, 0.3) is 5.91 Å². The van der Waals surface area contributed by atoms with E-state index in [9.17, 15) is 23.9 Å². The molecule has 3 atom stereocenters. The first kappa shape index (κ1) is 36.5. The highest BCUT2D eigenvalue weighted by molar-refractivity contribution is 9.10. The Bertz CT molecular complexity index is 1700. The van der Waals surface area contributed by atoms with Crippen LogP contribution in [-0.4, -0.2) is 82.2 Å². The van der Waals surface area contributed by atoms with Gasteiger partial charge < -0.3 is 30.1 Å². The van der Waals surface area contributed by atoms with Gasteiger partial charge in [-0.05, 0) is 82.6 Å². The second-order valence-electron chi connectivity index (χ2n) is 12.4. The maximum atomic E-state index is 14.4. The summed E-state index contributed by atoms with van der Waals surface area (Å²) in [4.78, 5) is 42.0. The lowest BCUT2D eigenvalue weighted by Gasteiger charge is -2.45. The summed E-state index contributed by atoms with van der Waals surface area (Å²) in [7, 11) is 0. The van der Waals surface area contributed by atoms with Gasteiger partial charge in [0.15, 0.2) is 0 Å². The molecule has 0 radical (unpaired) electrons. The summed E-state index contributed by atoms with van der Waals surface area (Å²) in [6.45, 7) is 3.68. The first-order valence-corrected chi connectivity index (χ1v) is 17.6. The number of aliphatic carboxylic acids is 1.